The third-order valence-corrected chi connectivity index (χ3v) is 9.52. The number of carbonyl (C=O) groups excluding carboxylic acids is 2. The molecule has 11 heteroatoms. The lowest BCUT2D eigenvalue weighted by Crippen LogP contribution is -2.59. The summed E-state index contributed by atoms with van der Waals surface area (Å²) in [7, 11) is 1.51. The number of H-pyrrole nitrogens is 1. The molecule has 41 heavy (non-hydrogen) atoms. The highest BCUT2D eigenvalue weighted by Crippen LogP contribution is 2.62. The van der Waals surface area contributed by atoms with Gasteiger partial charge in [0.05, 0.1) is 24.3 Å². The molecular weight excluding hydrogens is 535 g/mol. The van der Waals surface area contributed by atoms with Gasteiger partial charge in [-0.15, -0.1) is 0 Å². The third kappa shape index (κ3) is 4.62. The standard InChI is InChI=1S/C30H39FN2O8/c1-6-17-20-9-8-18-23-24(34)19(13-38-5)26(40-29(36)22-11-16(31)12-32-22)27(18)41-30(20,23)15(4)10-14(3)25(39-28(17)35)21(7-2)33-37/h8-12,14,17-20,23-27,32,34,37H,6-7,13H2,1-5H3/b15-10+,33-21?/t14-,17-,18-,19-,20-,23+,24-,25+,26-,27-,30+/m1/s1. The number of esters is 2. The molecule has 0 aromatic carbocycles. The summed E-state index contributed by atoms with van der Waals surface area (Å²) in [6.45, 7) is 7.66. The molecule has 10 nitrogen and oxygen atoms in total. The maximum absolute atomic E-state index is 13.7. The van der Waals surface area contributed by atoms with Gasteiger partial charge >= 0.3 is 11.9 Å². The minimum absolute atomic E-state index is 0.0488. The van der Waals surface area contributed by atoms with Crippen molar-refractivity contribution >= 4 is 17.7 Å². The zero-order valence-electron chi connectivity index (χ0n) is 24.0. The summed E-state index contributed by atoms with van der Waals surface area (Å²) in [4.78, 5) is 29.4. The molecule has 4 aliphatic rings. The molecule has 2 aliphatic heterocycles. The van der Waals surface area contributed by atoms with Gasteiger partial charge in [-0.1, -0.05) is 44.2 Å². The number of hydrogen-bond donors (Lipinski definition) is 3. The highest BCUT2D eigenvalue weighted by atomic mass is 19.1. The Labute approximate surface area is 238 Å². The second-order valence-electron chi connectivity index (χ2n) is 11.6. The van der Waals surface area contributed by atoms with Crippen LogP contribution in [0.4, 0.5) is 4.39 Å². The van der Waals surface area contributed by atoms with Crippen LogP contribution in [0.3, 0.4) is 0 Å². The predicted molar refractivity (Wildman–Crippen MR) is 145 cm³/mol. The molecule has 1 saturated carbocycles. The fraction of sp³-hybridized carbons (Fsp3) is 0.633. The van der Waals surface area contributed by atoms with Gasteiger partial charge in [0, 0.05) is 49.0 Å². The number of hydrogen-bond acceptors (Lipinski definition) is 9. The summed E-state index contributed by atoms with van der Waals surface area (Å²) in [5.41, 5.74) is 0.0354. The van der Waals surface area contributed by atoms with Gasteiger partial charge in [0.15, 0.2) is 0 Å². The summed E-state index contributed by atoms with van der Waals surface area (Å²) >= 11 is 0. The monoisotopic (exact) mass is 574 g/mol. The number of halogens is 1. The molecule has 1 saturated heterocycles. The van der Waals surface area contributed by atoms with E-state index >= 15 is 0 Å². The van der Waals surface area contributed by atoms with E-state index in [4.69, 9.17) is 18.9 Å². The van der Waals surface area contributed by atoms with E-state index in [1.54, 1.807) is 0 Å². The molecule has 4 bridgehead atoms. The van der Waals surface area contributed by atoms with E-state index in [1.165, 1.54) is 7.11 Å². The van der Waals surface area contributed by atoms with Crippen molar-refractivity contribution in [3.8, 4) is 0 Å². The van der Waals surface area contributed by atoms with Crippen LogP contribution in [0.25, 0.3) is 0 Å². The third-order valence-electron chi connectivity index (χ3n) is 9.52. The summed E-state index contributed by atoms with van der Waals surface area (Å²) in [5, 5.41) is 25.1. The van der Waals surface area contributed by atoms with Gasteiger partial charge in [0.1, 0.15) is 35.4 Å². The first kappa shape index (κ1) is 29.5. The SMILES string of the molecule is CCC(=NO)[C@H]1OC(=O)[C@H](CC)[C@H]2C=C[C@H]3[C@H]4O[C@]2(/C(C)=C/[C@H]1C)[C@@H]3[C@H](O)[C@@H](COC)[C@H]4OC(=O)c1cc(F)c[nH]1. The number of aromatic amines is 1. The molecule has 224 valence electrons. The molecule has 2 fully saturated rings. The first-order chi connectivity index (χ1) is 19.6. The molecular formula is C30H39FN2O8. The average molecular weight is 575 g/mol. The number of nitrogens with one attached hydrogen (secondary N) is 1. The van der Waals surface area contributed by atoms with Crippen molar-refractivity contribution in [1.82, 2.24) is 4.98 Å². The number of cyclic esters (lactones) is 1. The van der Waals surface area contributed by atoms with Gasteiger partial charge in [-0.05, 0) is 25.3 Å². The fourth-order valence-corrected chi connectivity index (χ4v) is 7.73. The van der Waals surface area contributed by atoms with Gasteiger partial charge in [-0.3, -0.25) is 4.79 Å². The van der Waals surface area contributed by atoms with Crippen LogP contribution < -0.4 is 0 Å². The molecule has 11 atom stereocenters. The highest BCUT2D eigenvalue weighted by molar-refractivity contribution is 5.91. The van der Waals surface area contributed by atoms with Gasteiger partial charge < -0.3 is 34.2 Å². The zero-order valence-corrected chi connectivity index (χ0v) is 24.0. The molecule has 1 spiro atoms. The Morgan fingerprint density at radius 1 is 1.29 bits per heavy atom. The summed E-state index contributed by atoms with van der Waals surface area (Å²) in [6, 6.07) is 1.05. The van der Waals surface area contributed by atoms with Crippen LogP contribution in [0.15, 0.2) is 41.2 Å². The predicted octanol–water partition coefficient (Wildman–Crippen LogP) is 3.65. The molecule has 2 aliphatic carbocycles. The topological polar surface area (TPSA) is 140 Å². The average Bonchev–Trinajstić information content (AvgIpc) is 3.46. The lowest BCUT2D eigenvalue weighted by Gasteiger charge is -2.49. The molecule has 0 unspecified atom stereocenters. The fourth-order valence-electron chi connectivity index (χ4n) is 7.73. The van der Waals surface area contributed by atoms with Crippen molar-refractivity contribution in [3.63, 3.8) is 0 Å². The largest absolute Gasteiger partial charge is 0.455 e. The Kier molecular flexibility index (Phi) is 8.15. The van der Waals surface area contributed by atoms with Crippen molar-refractivity contribution in [1.29, 1.82) is 0 Å². The Balaban J connectivity index is 1.62. The number of ether oxygens (including phenoxy) is 4. The Morgan fingerprint density at radius 2 is 2.05 bits per heavy atom. The molecule has 5 rings (SSSR count). The van der Waals surface area contributed by atoms with Crippen LogP contribution in [0.2, 0.25) is 0 Å². The second kappa shape index (κ2) is 11.3. The molecule has 3 N–H and O–H groups in total. The molecule has 0 radical (unpaired) electrons. The minimum atomic E-state index is -1.10. The first-order valence-electron chi connectivity index (χ1n) is 14.3. The van der Waals surface area contributed by atoms with E-state index in [0.29, 0.717) is 18.6 Å². The Bertz CT molecular complexity index is 1260. The van der Waals surface area contributed by atoms with Crippen molar-refractivity contribution in [3.05, 3.63) is 47.6 Å². The van der Waals surface area contributed by atoms with Crippen molar-refractivity contribution < 1.29 is 43.2 Å². The number of aromatic nitrogens is 1. The lowest BCUT2D eigenvalue weighted by atomic mass is 9.56. The lowest BCUT2D eigenvalue weighted by molar-refractivity contribution is -0.159. The molecule has 1 aromatic rings. The normalized spacial score (nSPS) is 41.4. The molecule has 1 aromatic heterocycles. The van der Waals surface area contributed by atoms with Crippen molar-refractivity contribution in [2.24, 2.45) is 40.7 Å². The van der Waals surface area contributed by atoms with E-state index in [1.807, 2.05) is 45.9 Å². The van der Waals surface area contributed by atoms with E-state index in [-0.39, 0.29) is 24.1 Å². The van der Waals surface area contributed by atoms with Crippen LogP contribution in [0.5, 0.6) is 0 Å². The van der Waals surface area contributed by atoms with Gasteiger partial charge in [0.25, 0.3) is 0 Å². The number of carbonyl (C=O) groups is 2. The number of oxime groups is 1. The van der Waals surface area contributed by atoms with Crippen LogP contribution >= 0.6 is 0 Å². The number of nitrogens with zero attached hydrogens (tertiary/aromatic N) is 1. The quantitative estimate of drug-likeness (QED) is 0.147. The number of rotatable bonds is 7. The van der Waals surface area contributed by atoms with E-state index in [2.05, 4.69) is 10.1 Å². The smallest absolute Gasteiger partial charge is 0.355 e. The zero-order chi connectivity index (χ0) is 29.6. The van der Waals surface area contributed by atoms with Crippen LogP contribution in [-0.4, -0.2) is 76.7 Å². The van der Waals surface area contributed by atoms with Crippen molar-refractivity contribution in [2.45, 2.75) is 70.6 Å². The van der Waals surface area contributed by atoms with E-state index in [0.717, 1.165) is 17.8 Å². The van der Waals surface area contributed by atoms with E-state index < -0.39 is 71.4 Å². The number of aliphatic hydroxyl groups excluding tert-OH is 1. The molecule has 0 amide bonds. The maximum atomic E-state index is 13.7. The Morgan fingerprint density at radius 3 is 2.66 bits per heavy atom. The van der Waals surface area contributed by atoms with Gasteiger partial charge in [0.2, 0.25) is 0 Å². The van der Waals surface area contributed by atoms with E-state index in [9.17, 15) is 24.3 Å². The van der Waals surface area contributed by atoms with Crippen LogP contribution in [0.1, 0.15) is 51.0 Å². The maximum Gasteiger partial charge on any atom is 0.355 e. The van der Waals surface area contributed by atoms with Gasteiger partial charge in [-0.25, -0.2) is 9.18 Å². The second-order valence-corrected chi connectivity index (χ2v) is 11.6. The van der Waals surface area contributed by atoms with Crippen molar-refractivity contribution in [2.75, 3.05) is 13.7 Å². The summed E-state index contributed by atoms with van der Waals surface area (Å²) in [5.74, 6) is -4.65. The van der Waals surface area contributed by atoms with Crippen LogP contribution in [-0.2, 0) is 23.7 Å². The summed E-state index contributed by atoms with van der Waals surface area (Å²) in [6.07, 6.45) is 4.48. The van der Waals surface area contributed by atoms with Crippen LogP contribution in [0, 0.1) is 41.3 Å². The first-order valence-corrected chi connectivity index (χ1v) is 14.3. The number of methoxy groups -OCH3 is 1. The minimum Gasteiger partial charge on any atom is -0.455 e. The summed E-state index contributed by atoms with van der Waals surface area (Å²) < 4.78 is 38.0. The molecule has 3 heterocycles. The number of aliphatic hydroxyl groups is 1. The van der Waals surface area contributed by atoms with Gasteiger partial charge in [-0.2, -0.15) is 0 Å². The highest BCUT2D eigenvalue weighted by Gasteiger charge is 2.70. The Hall–Kier alpha value is -3.02.